The lowest BCUT2D eigenvalue weighted by Gasteiger charge is -3.11. The fourth-order valence-electron chi connectivity index (χ4n) is 7.36. The summed E-state index contributed by atoms with van der Waals surface area (Å²) in [6.07, 6.45) is 1.42. The molecular formula is C13H17NO. The maximum absolute atomic E-state index is 11.5. The highest BCUT2D eigenvalue weighted by Crippen LogP contribution is 3.10. The molecule has 0 unspecified atom stereocenters. The topological polar surface area (TPSA) is 43.1 Å². The second kappa shape index (κ2) is 1.57. The van der Waals surface area contributed by atoms with Gasteiger partial charge in [-0.1, -0.05) is 13.8 Å². The van der Waals surface area contributed by atoms with E-state index in [0.29, 0.717) is 0 Å². The van der Waals surface area contributed by atoms with E-state index in [9.17, 15) is 4.79 Å². The van der Waals surface area contributed by atoms with Gasteiger partial charge in [-0.15, -0.1) is 0 Å². The van der Waals surface area contributed by atoms with Crippen LogP contribution in [0.15, 0.2) is 0 Å². The first-order valence-electron chi connectivity index (χ1n) is 6.39. The average molecular weight is 203 g/mol. The van der Waals surface area contributed by atoms with Gasteiger partial charge in [0.05, 0.1) is 5.41 Å². The largest absolute Gasteiger partial charge is 0.369 e. The first-order chi connectivity index (χ1) is 7.09. The van der Waals surface area contributed by atoms with Gasteiger partial charge < -0.3 is 5.73 Å². The van der Waals surface area contributed by atoms with Crippen molar-refractivity contribution in [2.24, 2.45) is 58.0 Å². The summed E-state index contributed by atoms with van der Waals surface area (Å²) in [4.78, 5) is 11.5. The Labute approximate surface area is 89.6 Å². The van der Waals surface area contributed by atoms with Crippen LogP contribution in [-0.2, 0) is 4.79 Å². The maximum Gasteiger partial charge on any atom is 0.224 e. The number of hydrogen-bond donors (Lipinski definition) is 1. The van der Waals surface area contributed by atoms with Crippen LogP contribution < -0.4 is 5.73 Å². The molecule has 0 spiro atoms. The number of carbonyl (C=O) groups excluding carboxylic acids is 1. The molecule has 2 nitrogen and oxygen atoms in total. The molecule has 0 saturated heterocycles. The maximum atomic E-state index is 11.5. The van der Waals surface area contributed by atoms with Crippen molar-refractivity contribution in [1.82, 2.24) is 0 Å². The third-order valence-corrected chi connectivity index (χ3v) is 7.03. The Morgan fingerprint density at radius 3 is 1.93 bits per heavy atom. The van der Waals surface area contributed by atoms with Crippen LogP contribution in [0.1, 0.15) is 20.3 Å². The Hall–Kier alpha value is -0.530. The van der Waals surface area contributed by atoms with E-state index in [4.69, 9.17) is 5.73 Å². The third-order valence-electron chi connectivity index (χ3n) is 7.03. The summed E-state index contributed by atoms with van der Waals surface area (Å²) in [5.74, 6) is 5.96. The molecule has 6 fully saturated rings. The van der Waals surface area contributed by atoms with Crippen molar-refractivity contribution in [1.29, 1.82) is 0 Å². The van der Waals surface area contributed by atoms with E-state index >= 15 is 0 Å². The Morgan fingerprint density at radius 1 is 1.13 bits per heavy atom. The molecule has 0 aliphatic heterocycles. The van der Waals surface area contributed by atoms with Crippen LogP contribution in [0.3, 0.4) is 0 Å². The lowest BCUT2D eigenvalue weighted by atomic mass is 8.92. The summed E-state index contributed by atoms with van der Waals surface area (Å²) in [6, 6.07) is 0. The van der Waals surface area contributed by atoms with Gasteiger partial charge in [-0.05, 0) is 53.3 Å². The Bertz CT molecular complexity index is 371. The van der Waals surface area contributed by atoms with Crippen LogP contribution in [0, 0.1) is 52.3 Å². The van der Waals surface area contributed by atoms with Gasteiger partial charge >= 0.3 is 0 Å². The quantitative estimate of drug-likeness (QED) is 0.737. The van der Waals surface area contributed by atoms with E-state index in [1.165, 1.54) is 6.42 Å². The van der Waals surface area contributed by atoms with Crippen LogP contribution in [0.4, 0.5) is 0 Å². The fourth-order valence-corrected chi connectivity index (χ4v) is 7.36. The Balaban J connectivity index is 1.52. The molecule has 2 heteroatoms. The monoisotopic (exact) mass is 203 g/mol. The first-order valence-corrected chi connectivity index (χ1v) is 6.39. The molecule has 1 amide bonds. The molecule has 0 radical (unpaired) electrons. The van der Waals surface area contributed by atoms with Gasteiger partial charge in [-0.2, -0.15) is 0 Å². The van der Waals surface area contributed by atoms with Crippen molar-refractivity contribution in [3.8, 4) is 0 Å². The number of amides is 1. The van der Waals surface area contributed by atoms with Gasteiger partial charge in [0.25, 0.3) is 0 Å². The van der Waals surface area contributed by atoms with Crippen molar-refractivity contribution in [3.05, 3.63) is 0 Å². The van der Waals surface area contributed by atoms with E-state index in [-0.39, 0.29) is 11.3 Å². The number of carbonyl (C=O) groups is 1. The summed E-state index contributed by atoms with van der Waals surface area (Å²) < 4.78 is 0. The molecule has 0 atom stereocenters. The van der Waals surface area contributed by atoms with Crippen molar-refractivity contribution in [3.63, 3.8) is 0 Å². The molecule has 2 N–H and O–H groups in total. The predicted molar refractivity (Wildman–Crippen MR) is 54.5 cm³/mol. The molecular weight excluding hydrogens is 186 g/mol. The Morgan fingerprint density at radius 2 is 1.60 bits per heavy atom. The minimum Gasteiger partial charge on any atom is -0.369 e. The van der Waals surface area contributed by atoms with Crippen LogP contribution >= 0.6 is 0 Å². The van der Waals surface area contributed by atoms with Gasteiger partial charge in [-0.25, -0.2) is 0 Å². The molecule has 80 valence electrons. The zero-order chi connectivity index (χ0) is 10.3. The fraction of sp³-hybridized carbons (Fsp3) is 0.923. The predicted octanol–water partition coefficient (Wildman–Crippen LogP) is 1.26. The highest BCUT2D eigenvalue weighted by atomic mass is 16.1. The van der Waals surface area contributed by atoms with Crippen molar-refractivity contribution in [2.45, 2.75) is 20.3 Å². The van der Waals surface area contributed by atoms with E-state index in [1.54, 1.807) is 0 Å². The number of rotatable bonds is 3. The molecule has 0 aromatic carbocycles. The van der Waals surface area contributed by atoms with E-state index in [2.05, 4.69) is 13.8 Å². The summed E-state index contributed by atoms with van der Waals surface area (Å²) >= 11 is 0. The van der Waals surface area contributed by atoms with Gasteiger partial charge in [0.1, 0.15) is 0 Å². The highest BCUT2D eigenvalue weighted by molar-refractivity contribution is 5.91. The van der Waals surface area contributed by atoms with Gasteiger partial charge in [0, 0.05) is 0 Å². The average Bonchev–Trinajstić information content (AvgIpc) is 2.17. The molecule has 0 aromatic rings. The zero-order valence-corrected chi connectivity index (χ0v) is 9.23. The molecule has 6 rings (SSSR count). The van der Waals surface area contributed by atoms with Gasteiger partial charge in [0.15, 0.2) is 0 Å². The number of primary amides is 1. The van der Waals surface area contributed by atoms with Gasteiger partial charge in [-0.3, -0.25) is 4.79 Å². The minimum atomic E-state index is 0.0455. The van der Waals surface area contributed by atoms with Crippen LogP contribution in [-0.4, -0.2) is 5.91 Å². The van der Waals surface area contributed by atoms with Crippen LogP contribution in [0.25, 0.3) is 0 Å². The minimum absolute atomic E-state index is 0.0455. The lowest BCUT2D eigenvalue weighted by molar-refractivity contribution is -0.643. The van der Waals surface area contributed by atoms with E-state index < -0.39 is 0 Å². The molecule has 0 heterocycles. The first kappa shape index (κ1) is 7.70. The number of hydrogen-bond acceptors (Lipinski definition) is 1. The smallest absolute Gasteiger partial charge is 0.224 e. The highest BCUT2D eigenvalue weighted by Gasteiger charge is 3.10. The van der Waals surface area contributed by atoms with Gasteiger partial charge in [0.2, 0.25) is 5.91 Å². The summed E-state index contributed by atoms with van der Waals surface area (Å²) in [7, 11) is 0. The summed E-state index contributed by atoms with van der Waals surface area (Å²) in [6.45, 7) is 4.68. The van der Waals surface area contributed by atoms with Crippen molar-refractivity contribution in [2.75, 3.05) is 0 Å². The summed E-state index contributed by atoms with van der Waals surface area (Å²) in [5, 5.41) is 0. The third kappa shape index (κ3) is 0.357. The SMILES string of the molecule is CC(C)CC12C3C4C1C1C2C3C41C(N)=O. The lowest BCUT2D eigenvalue weighted by Crippen LogP contribution is -3.11. The number of nitrogens with two attached hydrogens (primary N) is 1. The second-order valence-electron chi connectivity index (χ2n) is 7.16. The molecule has 0 aromatic heterocycles. The molecule has 6 aliphatic rings. The molecule has 6 aliphatic carbocycles. The van der Waals surface area contributed by atoms with Crippen LogP contribution in [0.2, 0.25) is 0 Å². The van der Waals surface area contributed by atoms with Crippen molar-refractivity contribution < 1.29 is 4.79 Å². The molecule has 6 saturated carbocycles. The summed E-state index contributed by atoms with van der Waals surface area (Å²) in [5.41, 5.74) is 6.40. The molecule has 15 heavy (non-hydrogen) atoms. The second-order valence-corrected chi connectivity index (χ2v) is 7.16. The normalized spacial score (nSPS) is 73.3. The van der Waals surface area contributed by atoms with E-state index in [1.807, 2.05) is 0 Å². The zero-order valence-electron chi connectivity index (χ0n) is 9.23. The van der Waals surface area contributed by atoms with Crippen LogP contribution in [0.5, 0.6) is 0 Å². The van der Waals surface area contributed by atoms with E-state index in [0.717, 1.165) is 46.8 Å². The molecule has 0 bridgehead atoms. The van der Waals surface area contributed by atoms with Crippen molar-refractivity contribution >= 4 is 5.91 Å². The Kier molecular flexibility index (Phi) is 0.808. The standard InChI is InChI=1S/C13H17NO/c1-4(2)3-12-5-8-6(12)10-7(12)9(5)13(8,10)11(14)15/h4-10H,3H2,1-2H3,(H2,14,15).